The topological polar surface area (TPSA) is 47.3 Å². The molecule has 0 aliphatic heterocycles. The van der Waals surface area contributed by atoms with E-state index in [1.807, 2.05) is 29.0 Å². The molecule has 0 saturated carbocycles. The average Bonchev–Trinajstić information content (AvgIpc) is 3.24. The molecule has 0 spiro atoms. The van der Waals surface area contributed by atoms with E-state index in [9.17, 15) is 5.11 Å². The van der Waals surface area contributed by atoms with Crippen molar-refractivity contribution in [2.75, 3.05) is 6.61 Å². The van der Waals surface area contributed by atoms with Crippen molar-refractivity contribution in [1.82, 2.24) is 9.55 Å². The SMILES string of the molecule is Oc1ccc2cc(-c3ccc(OCCn4ccnc4)cc3)sc2c1. The highest BCUT2D eigenvalue weighted by Crippen LogP contribution is 2.35. The highest BCUT2D eigenvalue weighted by molar-refractivity contribution is 7.22. The first-order valence-corrected chi connectivity index (χ1v) is 8.51. The summed E-state index contributed by atoms with van der Waals surface area (Å²) in [7, 11) is 0. The minimum Gasteiger partial charge on any atom is -0.508 e. The van der Waals surface area contributed by atoms with Crippen LogP contribution in [-0.2, 0) is 6.54 Å². The van der Waals surface area contributed by atoms with E-state index in [0.717, 1.165) is 27.9 Å². The van der Waals surface area contributed by atoms with E-state index in [1.165, 1.54) is 4.88 Å². The number of rotatable bonds is 5. The molecule has 2 heterocycles. The Balaban J connectivity index is 1.46. The number of hydrogen-bond acceptors (Lipinski definition) is 4. The Hall–Kier alpha value is -2.79. The van der Waals surface area contributed by atoms with Crippen LogP contribution in [-0.4, -0.2) is 21.3 Å². The molecule has 2 aromatic carbocycles. The minimum absolute atomic E-state index is 0.303. The number of hydrogen-bond donors (Lipinski definition) is 1. The summed E-state index contributed by atoms with van der Waals surface area (Å²) in [6, 6.07) is 15.7. The van der Waals surface area contributed by atoms with Gasteiger partial charge in [-0.15, -0.1) is 11.3 Å². The number of phenolic OH excluding ortho intramolecular Hbond substituents is 1. The number of benzene rings is 2. The van der Waals surface area contributed by atoms with Gasteiger partial charge in [0.15, 0.2) is 0 Å². The van der Waals surface area contributed by atoms with Crippen LogP contribution in [0.25, 0.3) is 20.5 Å². The zero-order valence-corrected chi connectivity index (χ0v) is 13.7. The summed E-state index contributed by atoms with van der Waals surface area (Å²) < 4.78 is 8.84. The van der Waals surface area contributed by atoms with Crippen molar-refractivity contribution in [3.05, 3.63) is 67.3 Å². The van der Waals surface area contributed by atoms with Gasteiger partial charge in [0.25, 0.3) is 0 Å². The smallest absolute Gasteiger partial charge is 0.119 e. The number of aromatic nitrogens is 2. The van der Waals surface area contributed by atoms with Crippen molar-refractivity contribution in [3.8, 4) is 21.9 Å². The normalized spacial score (nSPS) is 11.0. The Labute approximate surface area is 143 Å². The molecule has 4 rings (SSSR count). The molecule has 0 aliphatic carbocycles. The summed E-state index contributed by atoms with van der Waals surface area (Å²) in [6.45, 7) is 1.39. The van der Waals surface area contributed by atoms with Gasteiger partial charge < -0.3 is 14.4 Å². The van der Waals surface area contributed by atoms with Gasteiger partial charge in [0.2, 0.25) is 0 Å². The molecule has 0 fully saturated rings. The molecule has 0 saturated heterocycles. The van der Waals surface area contributed by atoms with Crippen LogP contribution in [0.2, 0.25) is 0 Å². The van der Waals surface area contributed by atoms with Crippen LogP contribution in [0.5, 0.6) is 11.5 Å². The second-order valence-corrected chi connectivity index (χ2v) is 6.59. The summed E-state index contributed by atoms with van der Waals surface area (Å²) in [4.78, 5) is 5.19. The summed E-state index contributed by atoms with van der Waals surface area (Å²) in [5, 5.41) is 10.7. The number of phenols is 1. The molecule has 4 aromatic rings. The monoisotopic (exact) mass is 336 g/mol. The molecular weight excluding hydrogens is 320 g/mol. The fraction of sp³-hybridized carbons (Fsp3) is 0.105. The number of ether oxygens (including phenoxy) is 1. The maximum Gasteiger partial charge on any atom is 0.119 e. The predicted molar refractivity (Wildman–Crippen MR) is 96.6 cm³/mol. The second kappa shape index (κ2) is 6.37. The van der Waals surface area contributed by atoms with Gasteiger partial charge in [-0.05, 0) is 59.5 Å². The Kier molecular flexibility index (Phi) is 3.92. The van der Waals surface area contributed by atoms with Crippen molar-refractivity contribution < 1.29 is 9.84 Å². The number of fused-ring (bicyclic) bond motifs is 1. The van der Waals surface area contributed by atoms with Gasteiger partial charge in [-0.3, -0.25) is 0 Å². The van der Waals surface area contributed by atoms with Crippen LogP contribution in [0.15, 0.2) is 67.3 Å². The molecule has 0 bridgehead atoms. The summed E-state index contributed by atoms with van der Waals surface area (Å²) >= 11 is 1.68. The molecule has 0 aliphatic rings. The van der Waals surface area contributed by atoms with Gasteiger partial charge in [-0.1, -0.05) is 0 Å². The van der Waals surface area contributed by atoms with Crippen molar-refractivity contribution in [3.63, 3.8) is 0 Å². The molecule has 0 atom stereocenters. The molecule has 0 radical (unpaired) electrons. The van der Waals surface area contributed by atoms with Gasteiger partial charge in [-0.25, -0.2) is 4.98 Å². The van der Waals surface area contributed by atoms with Crippen molar-refractivity contribution in [2.45, 2.75) is 6.54 Å². The van der Waals surface area contributed by atoms with E-state index in [4.69, 9.17) is 4.74 Å². The first kappa shape index (κ1) is 14.8. The van der Waals surface area contributed by atoms with Crippen molar-refractivity contribution in [1.29, 1.82) is 0 Å². The number of aromatic hydroxyl groups is 1. The van der Waals surface area contributed by atoms with E-state index in [-0.39, 0.29) is 0 Å². The van der Waals surface area contributed by atoms with Gasteiger partial charge in [0.1, 0.15) is 18.1 Å². The van der Waals surface area contributed by atoms with Crippen LogP contribution >= 0.6 is 11.3 Å². The van der Waals surface area contributed by atoms with Crippen molar-refractivity contribution in [2.24, 2.45) is 0 Å². The average molecular weight is 336 g/mol. The Morgan fingerprint density at radius 1 is 1.08 bits per heavy atom. The first-order chi connectivity index (χ1) is 11.8. The summed E-state index contributed by atoms with van der Waals surface area (Å²) in [6.07, 6.45) is 5.47. The molecule has 0 unspecified atom stereocenters. The quantitative estimate of drug-likeness (QED) is 0.581. The van der Waals surface area contributed by atoms with Crippen LogP contribution in [0.4, 0.5) is 0 Å². The number of imidazole rings is 1. The zero-order valence-electron chi connectivity index (χ0n) is 12.9. The minimum atomic E-state index is 0.303. The molecule has 24 heavy (non-hydrogen) atoms. The van der Waals surface area contributed by atoms with Crippen LogP contribution in [0.3, 0.4) is 0 Å². The standard InChI is InChI=1S/C19H16N2O2S/c22-16-4-1-15-11-18(24-19(15)12-16)14-2-5-17(6-3-14)23-10-9-21-8-7-20-13-21/h1-8,11-13,22H,9-10H2. The molecule has 0 amide bonds. The number of thiophene rings is 1. The van der Waals surface area contributed by atoms with Gasteiger partial charge >= 0.3 is 0 Å². The highest BCUT2D eigenvalue weighted by Gasteiger charge is 2.05. The van der Waals surface area contributed by atoms with E-state index < -0.39 is 0 Å². The fourth-order valence-corrected chi connectivity index (χ4v) is 3.67. The number of nitrogens with zero attached hydrogens (tertiary/aromatic N) is 2. The van der Waals surface area contributed by atoms with E-state index in [1.54, 1.807) is 36.0 Å². The predicted octanol–water partition coefficient (Wildman–Crippen LogP) is 4.55. The maximum absolute atomic E-state index is 9.58. The molecule has 1 N–H and O–H groups in total. The molecule has 2 aromatic heterocycles. The Morgan fingerprint density at radius 2 is 1.96 bits per heavy atom. The van der Waals surface area contributed by atoms with Gasteiger partial charge in [0.05, 0.1) is 12.9 Å². The second-order valence-electron chi connectivity index (χ2n) is 5.51. The third kappa shape index (κ3) is 3.12. The molecule has 4 nitrogen and oxygen atoms in total. The van der Waals surface area contributed by atoms with E-state index >= 15 is 0 Å². The third-order valence-corrected chi connectivity index (χ3v) is 4.97. The van der Waals surface area contributed by atoms with E-state index in [2.05, 4.69) is 23.2 Å². The fourth-order valence-electron chi connectivity index (χ4n) is 2.57. The summed E-state index contributed by atoms with van der Waals surface area (Å²) in [5.74, 6) is 1.16. The highest BCUT2D eigenvalue weighted by atomic mass is 32.1. The Morgan fingerprint density at radius 3 is 2.75 bits per heavy atom. The molecular formula is C19H16N2O2S. The van der Waals surface area contributed by atoms with Crippen molar-refractivity contribution >= 4 is 21.4 Å². The van der Waals surface area contributed by atoms with E-state index in [0.29, 0.717) is 12.4 Å². The first-order valence-electron chi connectivity index (χ1n) is 7.69. The van der Waals surface area contributed by atoms with Gasteiger partial charge in [0, 0.05) is 22.0 Å². The largest absolute Gasteiger partial charge is 0.508 e. The van der Waals surface area contributed by atoms with Crippen LogP contribution in [0.1, 0.15) is 0 Å². The van der Waals surface area contributed by atoms with Crippen LogP contribution in [0, 0.1) is 0 Å². The summed E-state index contributed by atoms with van der Waals surface area (Å²) in [5.41, 5.74) is 1.15. The zero-order chi connectivity index (χ0) is 16.4. The lowest BCUT2D eigenvalue weighted by molar-refractivity contribution is 0.298. The molecule has 120 valence electrons. The lowest BCUT2D eigenvalue weighted by atomic mass is 10.1. The third-order valence-electron chi connectivity index (χ3n) is 3.82. The lowest BCUT2D eigenvalue weighted by Gasteiger charge is -2.07. The van der Waals surface area contributed by atoms with Crippen LogP contribution < -0.4 is 4.74 Å². The van der Waals surface area contributed by atoms with Gasteiger partial charge in [-0.2, -0.15) is 0 Å². The maximum atomic E-state index is 9.58. The Bertz CT molecular complexity index is 943. The molecule has 5 heteroatoms. The lowest BCUT2D eigenvalue weighted by Crippen LogP contribution is -2.06.